The summed E-state index contributed by atoms with van der Waals surface area (Å²) in [4.78, 5) is 16.9. The van der Waals surface area contributed by atoms with Gasteiger partial charge in [0.25, 0.3) is 5.91 Å². The molecule has 0 saturated carbocycles. The van der Waals surface area contributed by atoms with Gasteiger partial charge in [-0.25, -0.2) is 0 Å². The Hall–Kier alpha value is -3.46. The number of para-hydroxylation sites is 2. The number of methoxy groups -OCH3 is 1. The molecule has 6 nitrogen and oxygen atoms in total. The molecule has 1 saturated heterocycles. The molecule has 4 rings (SSSR count). The van der Waals surface area contributed by atoms with Crippen molar-refractivity contribution >= 4 is 11.6 Å². The normalized spacial score (nSPS) is 14.8. The van der Waals surface area contributed by atoms with E-state index < -0.39 is 17.6 Å². The fourth-order valence-corrected chi connectivity index (χ4v) is 3.97. The van der Waals surface area contributed by atoms with Crippen LogP contribution in [-0.2, 0) is 19.3 Å². The lowest BCUT2D eigenvalue weighted by Gasteiger charge is -2.36. The van der Waals surface area contributed by atoms with Gasteiger partial charge < -0.3 is 19.4 Å². The first-order chi connectivity index (χ1) is 16.3. The van der Waals surface area contributed by atoms with Crippen molar-refractivity contribution in [1.82, 2.24) is 10.2 Å². The molecule has 180 valence electrons. The van der Waals surface area contributed by atoms with Gasteiger partial charge in [0, 0.05) is 32.7 Å². The van der Waals surface area contributed by atoms with Crippen molar-refractivity contribution in [2.75, 3.05) is 38.2 Å². The van der Waals surface area contributed by atoms with Crippen LogP contribution < -0.4 is 15.0 Å². The number of carbonyl (C=O) groups is 1. The number of piperazine rings is 1. The van der Waals surface area contributed by atoms with E-state index in [0.29, 0.717) is 17.9 Å². The van der Waals surface area contributed by atoms with Gasteiger partial charge in [-0.05, 0) is 42.0 Å². The van der Waals surface area contributed by atoms with Crippen LogP contribution in [0.2, 0.25) is 0 Å². The van der Waals surface area contributed by atoms with E-state index >= 15 is 0 Å². The van der Waals surface area contributed by atoms with Crippen LogP contribution in [-0.4, -0.2) is 44.1 Å². The van der Waals surface area contributed by atoms with Crippen molar-refractivity contribution in [3.05, 3.63) is 83.3 Å². The van der Waals surface area contributed by atoms with E-state index in [1.54, 1.807) is 19.2 Å². The Kier molecular flexibility index (Phi) is 7.12. The number of hydrogen-bond donors (Lipinski definition) is 1. The molecule has 1 N–H and O–H groups in total. The number of furan rings is 1. The van der Waals surface area contributed by atoms with Gasteiger partial charge in [-0.2, -0.15) is 13.2 Å². The Labute approximate surface area is 195 Å². The Balaban J connectivity index is 1.28. The van der Waals surface area contributed by atoms with Gasteiger partial charge in [0.2, 0.25) is 0 Å². The van der Waals surface area contributed by atoms with E-state index in [0.717, 1.165) is 49.7 Å². The average Bonchev–Trinajstić information content (AvgIpc) is 3.31. The number of ether oxygens (including phenoxy) is 1. The van der Waals surface area contributed by atoms with Crippen molar-refractivity contribution in [1.29, 1.82) is 0 Å². The molecule has 1 aromatic heterocycles. The summed E-state index contributed by atoms with van der Waals surface area (Å²) in [5.74, 6) is 1.18. The smallest absolute Gasteiger partial charge is 0.416 e. The number of halogens is 3. The Morgan fingerprint density at radius 1 is 1.03 bits per heavy atom. The minimum absolute atomic E-state index is 0.0241. The van der Waals surface area contributed by atoms with Crippen molar-refractivity contribution in [3.63, 3.8) is 0 Å². The van der Waals surface area contributed by atoms with Crippen LogP contribution in [0.25, 0.3) is 0 Å². The fraction of sp³-hybridized carbons (Fsp3) is 0.320. The molecule has 1 aliphatic heterocycles. The largest absolute Gasteiger partial charge is 0.495 e. The second-order valence-electron chi connectivity index (χ2n) is 8.08. The van der Waals surface area contributed by atoms with Gasteiger partial charge >= 0.3 is 6.18 Å². The molecule has 0 aliphatic carbocycles. The maximum atomic E-state index is 12.9. The summed E-state index contributed by atoms with van der Waals surface area (Å²) < 4.78 is 49.7. The van der Waals surface area contributed by atoms with E-state index in [-0.39, 0.29) is 12.3 Å². The molecule has 2 heterocycles. The van der Waals surface area contributed by atoms with Gasteiger partial charge in [-0.1, -0.05) is 24.3 Å². The Bertz CT molecular complexity index is 1120. The molecule has 2 aromatic carbocycles. The molecule has 0 bridgehead atoms. The van der Waals surface area contributed by atoms with Gasteiger partial charge in [-0.15, -0.1) is 0 Å². The van der Waals surface area contributed by atoms with E-state index in [2.05, 4.69) is 15.1 Å². The zero-order valence-electron chi connectivity index (χ0n) is 18.8. The number of anilines is 1. The molecule has 0 unspecified atom stereocenters. The molecule has 0 spiro atoms. The predicted octanol–water partition coefficient (Wildman–Crippen LogP) is 4.56. The van der Waals surface area contributed by atoms with E-state index in [4.69, 9.17) is 9.15 Å². The topological polar surface area (TPSA) is 58.0 Å². The summed E-state index contributed by atoms with van der Waals surface area (Å²) in [6, 6.07) is 16.2. The zero-order chi connectivity index (χ0) is 24.1. The standard InChI is InChI=1S/C25H26F3N3O3/c1-33-22-8-3-2-7-21(22)31-13-11-30(12-14-31)17-20-9-10-23(34-20)24(32)29-16-18-5-4-6-19(15-18)25(26,27)28/h2-10,15H,11-14,16-17H2,1H3,(H,29,32). The molecule has 9 heteroatoms. The lowest BCUT2D eigenvalue weighted by molar-refractivity contribution is -0.137. The van der Waals surface area contributed by atoms with Crippen molar-refractivity contribution in [2.24, 2.45) is 0 Å². The van der Waals surface area contributed by atoms with Crippen LogP contribution in [0, 0.1) is 0 Å². The second-order valence-corrected chi connectivity index (χ2v) is 8.08. The van der Waals surface area contributed by atoms with Crippen molar-refractivity contribution < 1.29 is 27.1 Å². The van der Waals surface area contributed by atoms with Crippen LogP contribution in [0.1, 0.15) is 27.4 Å². The highest BCUT2D eigenvalue weighted by atomic mass is 19.4. The molecule has 0 atom stereocenters. The van der Waals surface area contributed by atoms with Crippen LogP contribution >= 0.6 is 0 Å². The Morgan fingerprint density at radius 3 is 2.53 bits per heavy atom. The van der Waals surface area contributed by atoms with Crippen molar-refractivity contribution in [3.8, 4) is 5.75 Å². The molecule has 3 aromatic rings. The second kappa shape index (κ2) is 10.2. The number of nitrogens with zero attached hydrogens (tertiary/aromatic N) is 2. The quantitative estimate of drug-likeness (QED) is 0.545. The number of nitrogens with one attached hydrogen (secondary N) is 1. The Morgan fingerprint density at radius 2 is 1.79 bits per heavy atom. The zero-order valence-corrected chi connectivity index (χ0v) is 18.8. The first-order valence-electron chi connectivity index (χ1n) is 11.0. The SMILES string of the molecule is COc1ccccc1N1CCN(Cc2ccc(C(=O)NCc3cccc(C(F)(F)F)c3)o2)CC1. The third-order valence-electron chi connectivity index (χ3n) is 5.77. The first-order valence-corrected chi connectivity index (χ1v) is 11.0. The lowest BCUT2D eigenvalue weighted by Crippen LogP contribution is -2.46. The molecule has 0 radical (unpaired) electrons. The molecule has 1 amide bonds. The highest BCUT2D eigenvalue weighted by Gasteiger charge is 2.30. The number of alkyl halides is 3. The summed E-state index contributed by atoms with van der Waals surface area (Å²) in [5, 5.41) is 2.61. The highest BCUT2D eigenvalue weighted by molar-refractivity contribution is 5.91. The fourth-order valence-electron chi connectivity index (χ4n) is 3.97. The van der Waals surface area contributed by atoms with Crippen LogP contribution in [0.15, 0.2) is 65.1 Å². The maximum Gasteiger partial charge on any atom is 0.416 e. The summed E-state index contributed by atoms with van der Waals surface area (Å²) in [6.45, 7) is 3.88. The number of rotatable bonds is 7. The third-order valence-corrected chi connectivity index (χ3v) is 5.77. The molecule has 1 fully saturated rings. The van der Waals surface area contributed by atoms with E-state index in [1.807, 2.05) is 24.3 Å². The van der Waals surface area contributed by atoms with Crippen LogP contribution in [0.4, 0.5) is 18.9 Å². The highest BCUT2D eigenvalue weighted by Crippen LogP contribution is 2.30. The number of benzene rings is 2. The first kappa shape index (κ1) is 23.7. The monoisotopic (exact) mass is 473 g/mol. The molecular weight excluding hydrogens is 447 g/mol. The van der Waals surface area contributed by atoms with Crippen LogP contribution in [0.5, 0.6) is 5.75 Å². The summed E-state index contributed by atoms with van der Waals surface area (Å²) in [6.07, 6.45) is -4.42. The van der Waals surface area contributed by atoms with E-state index in [9.17, 15) is 18.0 Å². The molecule has 1 aliphatic rings. The van der Waals surface area contributed by atoms with Gasteiger partial charge in [0.15, 0.2) is 5.76 Å². The third kappa shape index (κ3) is 5.72. The minimum Gasteiger partial charge on any atom is -0.495 e. The minimum atomic E-state index is -4.42. The molecule has 34 heavy (non-hydrogen) atoms. The van der Waals surface area contributed by atoms with Gasteiger partial charge in [-0.3, -0.25) is 9.69 Å². The lowest BCUT2D eigenvalue weighted by atomic mass is 10.1. The number of hydrogen-bond acceptors (Lipinski definition) is 5. The average molecular weight is 473 g/mol. The van der Waals surface area contributed by atoms with Crippen molar-refractivity contribution in [2.45, 2.75) is 19.3 Å². The van der Waals surface area contributed by atoms with E-state index in [1.165, 1.54) is 12.1 Å². The molecular formula is C25H26F3N3O3. The summed E-state index contributed by atoms with van der Waals surface area (Å²) in [7, 11) is 1.67. The van der Waals surface area contributed by atoms with Gasteiger partial charge in [0.05, 0.1) is 24.9 Å². The number of carbonyl (C=O) groups excluding carboxylic acids is 1. The summed E-state index contributed by atoms with van der Waals surface area (Å²) >= 11 is 0. The summed E-state index contributed by atoms with van der Waals surface area (Å²) in [5.41, 5.74) is 0.690. The van der Waals surface area contributed by atoms with Gasteiger partial charge in [0.1, 0.15) is 11.5 Å². The number of amides is 1. The van der Waals surface area contributed by atoms with Crippen LogP contribution in [0.3, 0.4) is 0 Å². The predicted molar refractivity (Wildman–Crippen MR) is 122 cm³/mol. The maximum absolute atomic E-state index is 12.9.